The fourth-order valence-electron chi connectivity index (χ4n) is 18.0. The quantitative estimate of drug-likeness (QED) is 0.0730. The summed E-state index contributed by atoms with van der Waals surface area (Å²) in [5.74, 6) is 0. The summed E-state index contributed by atoms with van der Waals surface area (Å²) in [4.78, 5) is 2.63. The van der Waals surface area contributed by atoms with Gasteiger partial charge in [-0.2, -0.15) is 0 Å². The van der Waals surface area contributed by atoms with Crippen molar-refractivity contribution in [2.75, 3.05) is 4.90 Å². The molecule has 1 heteroatoms. The summed E-state index contributed by atoms with van der Waals surface area (Å²) >= 11 is 0. The molecule has 0 unspecified atom stereocenters. The Kier molecular flexibility index (Phi) is 15.2. The topological polar surface area (TPSA) is 3.24 Å². The standard InChI is InChI=1S/C93H85N/c1-7-11-52-91(53-12-8-2)85-56-62(5)36-48-75(85)77-50-46-71(60-87(77)91)94(72-47-51-78-76-49-37-63(6)57-86(76)92(54-13-9-3,55-14-10-4)88(78)61-72)70-45-42-65-58-67(39-38-66(65)59-70)90-81-32-20-18-30-79(81)89(80-31-19-21-33-82(80)90)64-40-43-69(44-41-64)93(68-26-16-15-17-27-68)83-34-24-22-28-73(83)74-29-23-25-35-84(74)93/h15-51,56-61H,7-14,52-55H2,1-6H3. The molecule has 0 aromatic heterocycles. The van der Waals surface area contributed by atoms with Crippen LogP contribution in [0.1, 0.15) is 160 Å². The summed E-state index contributed by atoms with van der Waals surface area (Å²) in [5.41, 5.74) is 30.4. The van der Waals surface area contributed by atoms with Crippen LogP contribution in [0.15, 0.2) is 261 Å². The van der Waals surface area contributed by atoms with Gasteiger partial charge in [0.05, 0.1) is 5.41 Å². The molecule has 0 saturated carbocycles. The van der Waals surface area contributed by atoms with Crippen LogP contribution in [0.4, 0.5) is 17.1 Å². The molecular weight excluding hydrogens is 1130 g/mol. The van der Waals surface area contributed by atoms with E-state index in [4.69, 9.17) is 0 Å². The molecule has 13 aromatic carbocycles. The van der Waals surface area contributed by atoms with E-state index in [1.807, 2.05) is 0 Å². The summed E-state index contributed by atoms with van der Waals surface area (Å²) in [6.45, 7) is 14.0. The Labute approximate surface area is 557 Å². The Bertz CT molecular complexity index is 4810. The molecular formula is C93H85N. The zero-order valence-corrected chi connectivity index (χ0v) is 55.8. The lowest BCUT2D eigenvalue weighted by atomic mass is 9.67. The van der Waals surface area contributed by atoms with E-state index in [0.717, 1.165) is 25.7 Å². The van der Waals surface area contributed by atoms with Crippen LogP contribution in [0.2, 0.25) is 0 Å². The number of anilines is 3. The molecule has 3 aliphatic carbocycles. The molecule has 0 amide bonds. The van der Waals surface area contributed by atoms with E-state index >= 15 is 0 Å². The van der Waals surface area contributed by atoms with Crippen molar-refractivity contribution in [2.45, 2.75) is 135 Å². The average molecular weight is 1220 g/mol. The first-order valence-corrected chi connectivity index (χ1v) is 35.4. The van der Waals surface area contributed by atoms with Gasteiger partial charge in [-0.1, -0.05) is 309 Å². The average Bonchev–Trinajstić information content (AvgIpc) is 1.51. The van der Waals surface area contributed by atoms with Gasteiger partial charge in [0.25, 0.3) is 0 Å². The van der Waals surface area contributed by atoms with Gasteiger partial charge in [-0.3, -0.25) is 0 Å². The smallest absolute Gasteiger partial charge is 0.0713 e. The largest absolute Gasteiger partial charge is 0.310 e. The predicted molar refractivity (Wildman–Crippen MR) is 402 cm³/mol. The molecule has 0 atom stereocenters. The van der Waals surface area contributed by atoms with Crippen LogP contribution in [0, 0.1) is 13.8 Å². The summed E-state index contributed by atoms with van der Waals surface area (Å²) in [6, 6.07) is 101. The van der Waals surface area contributed by atoms with Crippen LogP contribution >= 0.6 is 0 Å². The molecule has 1 nitrogen and oxygen atoms in total. The highest BCUT2D eigenvalue weighted by Gasteiger charge is 2.47. The Morgan fingerprint density at radius 3 is 1.11 bits per heavy atom. The van der Waals surface area contributed by atoms with Gasteiger partial charge in [-0.15, -0.1) is 0 Å². The van der Waals surface area contributed by atoms with E-state index < -0.39 is 5.41 Å². The fourth-order valence-corrected chi connectivity index (χ4v) is 18.0. The second kappa shape index (κ2) is 24.1. The first-order valence-electron chi connectivity index (χ1n) is 35.4. The van der Waals surface area contributed by atoms with Crippen molar-refractivity contribution in [1.29, 1.82) is 0 Å². The summed E-state index contributed by atoms with van der Waals surface area (Å²) in [5, 5.41) is 7.48. The van der Waals surface area contributed by atoms with Crippen LogP contribution in [-0.2, 0) is 16.2 Å². The highest BCUT2D eigenvalue weighted by atomic mass is 15.1. The van der Waals surface area contributed by atoms with Gasteiger partial charge in [-0.25, -0.2) is 0 Å². The van der Waals surface area contributed by atoms with Crippen molar-refractivity contribution >= 4 is 49.4 Å². The first-order chi connectivity index (χ1) is 46.2. The van der Waals surface area contributed by atoms with Crippen LogP contribution in [-0.4, -0.2) is 0 Å². The molecule has 0 aliphatic heterocycles. The number of benzene rings is 13. The lowest BCUT2D eigenvalue weighted by Gasteiger charge is -2.35. The minimum atomic E-state index is -0.456. The third-order valence-corrected chi connectivity index (χ3v) is 22.4. The van der Waals surface area contributed by atoms with Crippen molar-refractivity contribution in [1.82, 2.24) is 0 Å². The Morgan fingerprint density at radius 1 is 0.277 bits per heavy atom. The molecule has 0 fully saturated rings. The third kappa shape index (κ3) is 9.30. The maximum absolute atomic E-state index is 2.64. The maximum atomic E-state index is 2.64. The minimum Gasteiger partial charge on any atom is -0.310 e. The Hall–Kier alpha value is -9.56. The number of nitrogens with zero attached hydrogens (tertiary/aromatic N) is 1. The molecule has 462 valence electrons. The predicted octanol–water partition coefficient (Wildman–Crippen LogP) is 26.2. The van der Waals surface area contributed by atoms with E-state index in [1.165, 1.54) is 212 Å². The van der Waals surface area contributed by atoms with Gasteiger partial charge < -0.3 is 4.90 Å². The van der Waals surface area contributed by atoms with Gasteiger partial charge in [0.2, 0.25) is 0 Å². The van der Waals surface area contributed by atoms with Crippen LogP contribution < -0.4 is 4.90 Å². The number of hydrogen-bond acceptors (Lipinski definition) is 1. The van der Waals surface area contributed by atoms with Crippen LogP contribution in [0.3, 0.4) is 0 Å². The van der Waals surface area contributed by atoms with E-state index in [0.29, 0.717) is 0 Å². The molecule has 94 heavy (non-hydrogen) atoms. The second-order valence-electron chi connectivity index (χ2n) is 27.8. The lowest BCUT2D eigenvalue weighted by molar-refractivity contribution is 0.414. The lowest BCUT2D eigenvalue weighted by Crippen LogP contribution is -2.28. The monoisotopic (exact) mass is 1220 g/mol. The maximum Gasteiger partial charge on any atom is 0.0713 e. The third-order valence-electron chi connectivity index (χ3n) is 22.4. The summed E-state index contributed by atoms with van der Waals surface area (Å²) in [7, 11) is 0. The van der Waals surface area contributed by atoms with Crippen molar-refractivity contribution in [3.8, 4) is 55.6 Å². The van der Waals surface area contributed by atoms with E-state index in [-0.39, 0.29) is 10.8 Å². The van der Waals surface area contributed by atoms with E-state index in [1.54, 1.807) is 0 Å². The van der Waals surface area contributed by atoms with E-state index in [9.17, 15) is 0 Å². The van der Waals surface area contributed by atoms with Crippen molar-refractivity contribution in [3.05, 3.63) is 316 Å². The summed E-state index contributed by atoms with van der Waals surface area (Å²) < 4.78 is 0. The zero-order chi connectivity index (χ0) is 63.7. The summed E-state index contributed by atoms with van der Waals surface area (Å²) in [6.07, 6.45) is 14.1. The van der Waals surface area contributed by atoms with Crippen molar-refractivity contribution in [3.63, 3.8) is 0 Å². The molecule has 16 rings (SSSR count). The zero-order valence-electron chi connectivity index (χ0n) is 55.8. The molecule has 0 radical (unpaired) electrons. The van der Waals surface area contributed by atoms with Crippen LogP contribution in [0.25, 0.3) is 88.0 Å². The molecule has 0 bridgehead atoms. The van der Waals surface area contributed by atoms with E-state index in [2.05, 4.69) is 307 Å². The number of rotatable bonds is 19. The first kappa shape index (κ1) is 59.5. The molecule has 13 aromatic rings. The van der Waals surface area contributed by atoms with Crippen molar-refractivity contribution < 1.29 is 0 Å². The van der Waals surface area contributed by atoms with Crippen LogP contribution in [0.5, 0.6) is 0 Å². The molecule has 0 heterocycles. The SMILES string of the molecule is CCCCC1(CCCC)c2cc(C)ccc2-c2ccc(N(c3ccc4c(c3)C(CCCC)(CCCC)c3cc(C)ccc3-4)c3ccc4cc(-c5c6ccccc6c(-c6ccc(C7(c8ccccc8)c8ccccc8-c8ccccc87)cc6)c6ccccc56)ccc4c3)cc21. The molecule has 0 spiro atoms. The van der Waals surface area contributed by atoms with Gasteiger partial charge >= 0.3 is 0 Å². The van der Waals surface area contributed by atoms with Gasteiger partial charge in [0, 0.05) is 27.9 Å². The van der Waals surface area contributed by atoms with Crippen molar-refractivity contribution in [2.24, 2.45) is 0 Å². The Balaban J connectivity index is 0.839. The Morgan fingerprint density at radius 2 is 0.628 bits per heavy atom. The highest BCUT2D eigenvalue weighted by Crippen LogP contribution is 2.60. The molecule has 0 saturated heterocycles. The minimum absolute atomic E-state index is 0.0453. The fraction of sp³-hybridized carbons (Fsp3) is 0.226. The molecule has 0 N–H and O–H groups in total. The number of unbranched alkanes of at least 4 members (excludes halogenated alkanes) is 4. The second-order valence-corrected chi connectivity index (χ2v) is 27.8. The number of aryl methyl sites for hydroxylation is 2. The highest BCUT2D eigenvalue weighted by molar-refractivity contribution is 6.22. The van der Waals surface area contributed by atoms with Gasteiger partial charge in [-0.05, 0) is 214 Å². The molecule has 3 aliphatic rings. The number of fused-ring (bicyclic) bond motifs is 12. The number of hydrogen-bond donors (Lipinski definition) is 0. The van der Waals surface area contributed by atoms with Gasteiger partial charge in [0.1, 0.15) is 0 Å². The normalized spacial score (nSPS) is 14.2. The van der Waals surface area contributed by atoms with Gasteiger partial charge in [0.15, 0.2) is 0 Å².